The van der Waals surface area contributed by atoms with Crippen molar-refractivity contribution < 1.29 is 32.2 Å². The van der Waals surface area contributed by atoms with E-state index in [4.69, 9.17) is 4.74 Å². The predicted molar refractivity (Wildman–Crippen MR) is 85.8 cm³/mol. The van der Waals surface area contributed by atoms with Gasteiger partial charge in [0.25, 0.3) is 0 Å². The first kappa shape index (κ1) is 21.4. The zero-order chi connectivity index (χ0) is 17.9. The zero-order valence-electron chi connectivity index (χ0n) is 14.2. The molecule has 0 unspecified atom stereocenters. The lowest BCUT2D eigenvalue weighted by Gasteiger charge is -2.18. The van der Waals surface area contributed by atoms with Crippen LogP contribution in [0.2, 0.25) is 0 Å². The third-order valence-electron chi connectivity index (χ3n) is 2.90. The smallest absolute Gasteiger partial charge is 0.465 e. The minimum absolute atomic E-state index is 0.145. The normalized spacial score (nSPS) is 12.2. The molecule has 0 aromatic carbocycles. The van der Waals surface area contributed by atoms with Crippen molar-refractivity contribution in [3.05, 3.63) is 12.2 Å². The van der Waals surface area contributed by atoms with Gasteiger partial charge < -0.3 is 14.2 Å². The molecule has 0 aliphatic rings. The molecule has 0 spiro atoms. The molecular weight excluding hydrogens is 324 g/mol. The third kappa shape index (κ3) is 9.93. The average Bonchev–Trinajstić information content (AvgIpc) is 2.43. The van der Waals surface area contributed by atoms with Gasteiger partial charge >= 0.3 is 12.1 Å². The number of ether oxygens (including phenoxy) is 3. The molecule has 0 heterocycles. The average molecular weight is 350 g/mol. The molecule has 8 heteroatoms. The van der Waals surface area contributed by atoms with Gasteiger partial charge in [0.1, 0.15) is 12.4 Å². The van der Waals surface area contributed by atoms with E-state index >= 15 is 0 Å². The molecule has 0 atom stereocenters. The summed E-state index contributed by atoms with van der Waals surface area (Å²) in [5.74, 6) is -1.32. The lowest BCUT2D eigenvalue weighted by Crippen LogP contribution is -2.34. The summed E-state index contributed by atoms with van der Waals surface area (Å²) in [6.07, 6.45) is 4.94. The number of allylic oxidation sites excluding steroid dienone is 1. The maximum Gasteiger partial charge on any atom is 0.508 e. The van der Waals surface area contributed by atoms with Crippen molar-refractivity contribution in [2.75, 3.05) is 26.1 Å². The highest BCUT2D eigenvalue weighted by Gasteiger charge is 2.31. The van der Waals surface area contributed by atoms with E-state index in [1.165, 1.54) is 7.11 Å². The van der Waals surface area contributed by atoms with Crippen molar-refractivity contribution in [1.82, 2.24) is 0 Å². The minimum atomic E-state index is -3.50. The van der Waals surface area contributed by atoms with Crippen molar-refractivity contribution in [3.8, 4) is 0 Å². The fourth-order valence-electron chi connectivity index (χ4n) is 1.32. The second-order valence-corrected chi connectivity index (χ2v) is 8.57. The number of methoxy groups -OCH3 is 1. The van der Waals surface area contributed by atoms with Gasteiger partial charge in [-0.15, -0.1) is 0 Å². The largest absolute Gasteiger partial charge is 0.508 e. The fourth-order valence-corrected chi connectivity index (χ4v) is 2.15. The number of unbranched alkanes of at least 4 members (excludes halogenated alkanes) is 2. The zero-order valence-corrected chi connectivity index (χ0v) is 15.0. The van der Waals surface area contributed by atoms with Crippen LogP contribution in [0.3, 0.4) is 0 Å². The van der Waals surface area contributed by atoms with Crippen LogP contribution in [0, 0.1) is 0 Å². The van der Waals surface area contributed by atoms with Crippen LogP contribution in [-0.2, 0) is 28.8 Å². The van der Waals surface area contributed by atoms with Crippen LogP contribution in [-0.4, -0.2) is 51.4 Å². The van der Waals surface area contributed by atoms with Gasteiger partial charge in [0, 0.05) is 0 Å². The number of hydrogen-bond acceptors (Lipinski definition) is 7. The summed E-state index contributed by atoms with van der Waals surface area (Å²) >= 11 is 0. The molecule has 134 valence electrons. The van der Waals surface area contributed by atoms with Gasteiger partial charge in [0.15, 0.2) is 9.84 Å². The van der Waals surface area contributed by atoms with Crippen LogP contribution in [0.1, 0.15) is 40.0 Å². The Bertz CT molecular complexity index is 500. The van der Waals surface area contributed by atoms with Crippen LogP contribution in [0.15, 0.2) is 12.2 Å². The van der Waals surface area contributed by atoms with Crippen molar-refractivity contribution in [1.29, 1.82) is 0 Å². The Morgan fingerprint density at radius 3 is 2.26 bits per heavy atom. The lowest BCUT2D eigenvalue weighted by atomic mass is 10.2. The Labute approximate surface area is 137 Å². The first-order valence-corrected chi connectivity index (χ1v) is 8.99. The molecule has 7 nitrogen and oxygen atoms in total. The van der Waals surface area contributed by atoms with Crippen LogP contribution in [0.5, 0.6) is 0 Å². The standard InChI is InChI=1S/C15H26O7S/c1-15(2,3)23(18,19)12-13(16)21-10-8-6-5-7-9-11-22-14(17)20-4/h7,9H,5-6,8,10-12H2,1-4H3/b9-7+. The highest BCUT2D eigenvalue weighted by molar-refractivity contribution is 7.93. The number of rotatable bonds is 9. The fraction of sp³-hybridized carbons (Fsp3) is 0.733. The first-order chi connectivity index (χ1) is 10.6. The Balaban J connectivity index is 3.75. The number of hydrogen-bond donors (Lipinski definition) is 0. The minimum Gasteiger partial charge on any atom is -0.465 e. The van der Waals surface area contributed by atoms with Crippen LogP contribution < -0.4 is 0 Å². The van der Waals surface area contributed by atoms with Crippen molar-refractivity contribution >= 4 is 22.0 Å². The Kier molecular flexibility index (Phi) is 9.55. The molecule has 0 radical (unpaired) electrons. The molecule has 0 aliphatic carbocycles. The molecule has 0 fully saturated rings. The molecule has 0 saturated carbocycles. The highest BCUT2D eigenvalue weighted by Crippen LogP contribution is 2.16. The number of esters is 1. The van der Waals surface area contributed by atoms with E-state index in [1.807, 2.05) is 6.08 Å². The van der Waals surface area contributed by atoms with E-state index in [2.05, 4.69) is 9.47 Å². The van der Waals surface area contributed by atoms with Crippen molar-refractivity contribution in [3.63, 3.8) is 0 Å². The van der Waals surface area contributed by atoms with E-state index in [0.29, 0.717) is 6.42 Å². The van der Waals surface area contributed by atoms with Crippen molar-refractivity contribution in [2.45, 2.75) is 44.8 Å². The second kappa shape index (κ2) is 10.3. The molecule has 0 N–H and O–H groups in total. The highest BCUT2D eigenvalue weighted by atomic mass is 32.2. The Morgan fingerprint density at radius 2 is 1.70 bits per heavy atom. The van der Waals surface area contributed by atoms with Crippen molar-refractivity contribution in [2.24, 2.45) is 0 Å². The summed E-state index contributed by atoms with van der Waals surface area (Å²) in [6.45, 7) is 4.97. The predicted octanol–water partition coefficient (Wildman–Crippen LogP) is 2.25. The van der Waals surface area contributed by atoms with E-state index < -0.39 is 32.5 Å². The van der Waals surface area contributed by atoms with Gasteiger partial charge in [-0.1, -0.05) is 12.2 Å². The lowest BCUT2D eigenvalue weighted by molar-refractivity contribution is -0.140. The summed E-state index contributed by atoms with van der Waals surface area (Å²) in [7, 11) is -2.27. The van der Waals surface area contributed by atoms with E-state index in [0.717, 1.165) is 12.8 Å². The van der Waals surface area contributed by atoms with E-state index in [9.17, 15) is 18.0 Å². The van der Waals surface area contributed by atoms with Gasteiger partial charge in [-0.25, -0.2) is 13.2 Å². The number of sulfone groups is 1. The maximum atomic E-state index is 11.8. The topological polar surface area (TPSA) is 96.0 Å². The summed E-state index contributed by atoms with van der Waals surface area (Å²) in [6, 6.07) is 0. The monoisotopic (exact) mass is 350 g/mol. The number of carbonyl (C=O) groups is 2. The van der Waals surface area contributed by atoms with Crippen LogP contribution in [0.4, 0.5) is 4.79 Å². The summed E-state index contributed by atoms with van der Waals surface area (Å²) in [5, 5.41) is 0. The molecule has 23 heavy (non-hydrogen) atoms. The number of carbonyl (C=O) groups excluding carboxylic acids is 2. The van der Waals surface area contributed by atoms with Crippen LogP contribution in [0.25, 0.3) is 0 Å². The molecule has 0 aliphatic heterocycles. The first-order valence-electron chi connectivity index (χ1n) is 7.34. The SMILES string of the molecule is COC(=O)OC/C=C/CCCCOC(=O)CS(=O)(=O)C(C)(C)C. The summed E-state index contributed by atoms with van der Waals surface area (Å²) < 4.78 is 36.5. The molecule has 0 rings (SSSR count). The molecule has 0 amide bonds. The van der Waals surface area contributed by atoms with Gasteiger partial charge in [-0.3, -0.25) is 4.79 Å². The van der Waals surface area contributed by atoms with Gasteiger partial charge in [0.2, 0.25) is 0 Å². The molecule has 0 aromatic heterocycles. The maximum absolute atomic E-state index is 11.8. The molecular formula is C15H26O7S. The second-order valence-electron chi connectivity index (χ2n) is 5.82. The van der Waals surface area contributed by atoms with E-state index in [1.54, 1.807) is 26.8 Å². The summed E-state index contributed by atoms with van der Waals surface area (Å²) in [5.41, 5.74) is 0. The van der Waals surface area contributed by atoms with Crippen LogP contribution >= 0.6 is 0 Å². The van der Waals surface area contributed by atoms with E-state index in [-0.39, 0.29) is 13.2 Å². The van der Waals surface area contributed by atoms with Gasteiger partial charge in [-0.2, -0.15) is 0 Å². The van der Waals surface area contributed by atoms with Gasteiger partial charge in [0.05, 0.1) is 18.5 Å². The molecule has 0 saturated heterocycles. The van der Waals surface area contributed by atoms with Gasteiger partial charge in [-0.05, 0) is 40.0 Å². The molecule has 0 bridgehead atoms. The third-order valence-corrected chi connectivity index (χ3v) is 5.38. The Morgan fingerprint density at radius 1 is 1.04 bits per heavy atom. The quantitative estimate of drug-likeness (QED) is 0.357. The summed E-state index contributed by atoms with van der Waals surface area (Å²) in [4.78, 5) is 22.1. The Hall–Kier alpha value is -1.57. The molecule has 0 aromatic rings.